The van der Waals surface area contributed by atoms with E-state index in [0.29, 0.717) is 4.57 Å². The smallest absolute Gasteiger partial charge is 0.387 e. The first-order chi connectivity index (χ1) is 14.5. The average Bonchev–Trinajstić information content (AvgIpc) is 2.83. The number of rotatable bonds is 9. The van der Waals surface area contributed by atoms with Crippen molar-refractivity contribution in [3.63, 3.8) is 0 Å². The Morgan fingerprint density at radius 3 is 2.47 bits per heavy atom. The summed E-state index contributed by atoms with van der Waals surface area (Å²) in [6.45, 7) is -1.52. The van der Waals surface area contributed by atoms with E-state index >= 15 is 0 Å². The van der Waals surface area contributed by atoms with E-state index in [1.54, 1.807) is 0 Å². The van der Waals surface area contributed by atoms with Crippen LogP contribution < -0.4 is 11.4 Å². The molecule has 0 radical (unpaired) electrons. The Morgan fingerprint density at radius 1 is 1.31 bits per heavy atom. The summed E-state index contributed by atoms with van der Waals surface area (Å²) in [6.07, 6.45) is -6.02. The highest BCUT2D eigenvalue weighted by atomic mass is 31.3. The third-order valence-corrected chi connectivity index (χ3v) is 7.33. The van der Waals surface area contributed by atoms with Gasteiger partial charge in [0.1, 0.15) is 11.9 Å². The molecule has 1 aliphatic heterocycles. The average molecular weight is 526 g/mol. The second-order valence-corrected chi connectivity index (χ2v) is 10.3. The Kier molecular flexibility index (Phi) is 7.66. The summed E-state index contributed by atoms with van der Waals surface area (Å²) in [5.41, 5.74) is 10.1. The quantitative estimate of drug-likeness (QED) is 0.101. The third-order valence-electron chi connectivity index (χ3n) is 3.55. The van der Waals surface area contributed by atoms with E-state index in [9.17, 15) is 32.9 Å². The maximum Gasteiger partial charge on any atom is 0.490 e. The third kappa shape index (κ3) is 6.40. The number of aromatic nitrogens is 2. The molecule has 19 nitrogen and oxygen atoms in total. The fourth-order valence-electron chi connectivity index (χ4n) is 2.36. The van der Waals surface area contributed by atoms with Gasteiger partial charge in [0.2, 0.25) is 5.72 Å². The molecule has 1 aromatic heterocycles. The van der Waals surface area contributed by atoms with Gasteiger partial charge in [0.05, 0.1) is 6.61 Å². The second kappa shape index (κ2) is 9.24. The number of aliphatic hydroxyl groups excluding tert-OH is 1. The molecule has 0 aliphatic carbocycles. The zero-order valence-corrected chi connectivity index (χ0v) is 17.8. The number of nitrogens with zero attached hydrogens (tertiary/aromatic N) is 5. The van der Waals surface area contributed by atoms with E-state index in [-0.39, 0.29) is 5.82 Å². The molecule has 23 heteroatoms. The van der Waals surface area contributed by atoms with E-state index in [1.165, 1.54) is 0 Å². The number of halogens is 1. The zero-order valence-electron chi connectivity index (χ0n) is 15.1. The van der Waals surface area contributed by atoms with E-state index in [4.69, 9.17) is 30.7 Å². The van der Waals surface area contributed by atoms with Crippen molar-refractivity contribution >= 4 is 29.3 Å². The fraction of sp³-hybridized carbons (Fsp3) is 0.556. The van der Waals surface area contributed by atoms with Crippen molar-refractivity contribution < 1.29 is 60.6 Å². The van der Waals surface area contributed by atoms with Gasteiger partial charge in [-0.15, -0.1) is 0 Å². The van der Waals surface area contributed by atoms with E-state index in [0.717, 1.165) is 12.3 Å². The predicted molar refractivity (Wildman–Crippen MR) is 95.6 cm³/mol. The Hall–Kier alpha value is -1.75. The Morgan fingerprint density at radius 2 is 1.94 bits per heavy atom. The molecular weight excluding hydrogens is 512 g/mol. The highest BCUT2D eigenvalue weighted by Gasteiger charge is 2.57. The lowest BCUT2D eigenvalue weighted by Crippen LogP contribution is -2.44. The number of azide groups is 1. The summed E-state index contributed by atoms with van der Waals surface area (Å²) in [6, 6.07) is 1.06. The van der Waals surface area contributed by atoms with Gasteiger partial charge in [-0.1, -0.05) is 5.11 Å². The zero-order chi connectivity index (χ0) is 24.5. The van der Waals surface area contributed by atoms with Crippen LogP contribution in [0, 0.1) is 0 Å². The first kappa shape index (κ1) is 26.5. The number of ether oxygens (including phenoxy) is 1. The minimum absolute atomic E-state index is 0.242. The fourth-order valence-corrected chi connectivity index (χ4v) is 5.41. The minimum Gasteiger partial charge on any atom is -0.387 e. The molecule has 1 fully saturated rings. The topological polar surface area (TPSA) is 299 Å². The molecule has 2 heterocycles. The van der Waals surface area contributed by atoms with Gasteiger partial charge in [0, 0.05) is 11.1 Å². The lowest BCUT2D eigenvalue weighted by Gasteiger charge is -2.27. The number of nitrogen functional groups attached to an aromatic ring is 1. The summed E-state index contributed by atoms with van der Waals surface area (Å²) in [4.78, 5) is 53.1. The standard InChI is InChI=1S/C9H14FN6O13P3/c10-5-6(17)9(14-15-12,27-7(5)16-2-1-4(11)13-8(16)18)3-26-31(22,23)29-32(24,25)28-30(19,20)21/h1-2,5-7,17H,3H2,(H,22,23)(H,24,25)(H2,11,13,18)(H2,19,20,21)/t5-,6+,7-,9-/m1/s1. The molecule has 0 saturated carbocycles. The van der Waals surface area contributed by atoms with Gasteiger partial charge >= 0.3 is 29.2 Å². The molecule has 6 atom stereocenters. The van der Waals surface area contributed by atoms with Gasteiger partial charge in [-0.3, -0.25) is 9.09 Å². The van der Waals surface area contributed by atoms with Gasteiger partial charge in [0.25, 0.3) is 0 Å². The van der Waals surface area contributed by atoms with Crippen molar-refractivity contribution in [2.45, 2.75) is 24.2 Å². The largest absolute Gasteiger partial charge is 0.490 e. The van der Waals surface area contributed by atoms with Crippen molar-refractivity contribution in [1.29, 1.82) is 0 Å². The van der Waals surface area contributed by atoms with Crippen LogP contribution in [0.2, 0.25) is 0 Å². The summed E-state index contributed by atoms with van der Waals surface area (Å²) in [5.74, 6) is -0.242. The van der Waals surface area contributed by atoms with Crippen LogP contribution in [0.5, 0.6) is 0 Å². The van der Waals surface area contributed by atoms with Crippen LogP contribution in [-0.4, -0.2) is 58.8 Å². The SMILES string of the molecule is [N-]=[N+]=N[C@]1(COP(=O)(O)OP(=O)(O)OP(=O)(O)O)O[C@@H](n2ccc(N)nc2=O)[C@H](F)[C@@H]1O. The molecule has 7 N–H and O–H groups in total. The molecule has 0 spiro atoms. The van der Waals surface area contributed by atoms with Crippen LogP contribution in [0.3, 0.4) is 0 Å². The Labute approximate surface area is 175 Å². The van der Waals surface area contributed by atoms with Gasteiger partial charge in [-0.2, -0.15) is 13.6 Å². The minimum atomic E-state index is -5.88. The molecule has 2 unspecified atom stereocenters. The van der Waals surface area contributed by atoms with Crippen LogP contribution >= 0.6 is 23.5 Å². The van der Waals surface area contributed by atoms with Crippen LogP contribution in [-0.2, 0) is 31.6 Å². The van der Waals surface area contributed by atoms with Gasteiger partial charge in [-0.05, 0) is 11.6 Å². The molecule has 0 amide bonds. The summed E-state index contributed by atoms with van der Waals surface area (Å²) in [7, 11) is -17.3. The Balaban J connectivity index is 2.28. The summed E-state index contributed by atoms with van der Waals surface area (Å²) < 4.78 is 65.3. The molecule has 180 valence electrons. The van der Waals surface area contributed by atoms with Gasteiger partial charge < -0.3 is 35.2 Å². The van der Waals surface area contributed by atoms with Crippen molar-refractivity contribution in [1.82, 2.24) is 9.55 Å². The second-order valence-electron chi connectivity index (χ2n) is 5.84. The number of anilines is 1. The van der Waals surface area contributed by atoms with E-state index in [1.807, 2.05) is 0 Å². The van der Waals surface area contributed by atoms with E-state index in [2.05, 4.69) is 28.2 Å². The summed E-state index contributed by atoms with van der Waals surface area (Å²) >= 11 is 0. The molecule has 32 heavy (non-hydrogen) atoms. The lowest BCUT2D eigenvalue weighted by molar-refractivity contribution is -0.122. The lowest BCUT2D eigenvalue weighted by atomic mass is 10.1. The van der Waals surface area contributed by atoms with Crippen molar-refractivity contribution in [3.05, 3.63) is 33.2 Å². The van der Waals surface area contributed by atoms with Crippen LogP contribution in [0.15, 0.2) is 22.2 Å². The van der Waals surface area contributed by atoms with Gasteiger partial charge in [-0.25, -0.2) is 22.9 Å². The number of nitrogens with two attached hydrogens (primary N) is 1. The number of phosphoric ester groups is 1. The maximum absolute atomic E-state index is 14.7. The molecule has 0 bridgehead atoms. The molecule has 1 saturated heterocycles. The van der Waals surface area contributed by atoms with Crippen LogP contribution in [0.4, 0.5) is 10.2 Å². The molecule has 0 aromatic carbocycles. The predicted octanol–water partition coefficient (Wildman–Crippen LogP) is -0.597. The number of hydrogen-bond donors (Lipinski definition) is 6. The Bertz CT molecular complexity index is 1120. The normalized spacial score (nSPS) is 29.6. The highest BCUT2D eigenvalue weighted by Crippen LogP contribution is 2.66. The van der Waals surface area contributed by atoms with Crippen LogP contribution in [0.25, 0.3) is 10.4 Å². The first-order valence-corrected chi connectivity index (χ1v) is 12.2. The molecular formula is C9H14FN6O13P3. The number of alkyl halides is 1. The monoisotopic (exact) mass is 526 g/mol. The van der Waals surface area contributed by atoms with Crippen molar-refractivity contribution in [2.24, 2.45) is 5.11 Å². The van der Waals surface area contributed by atoms with Crippen molar-refractivity contribution in [2.75, 3.05) is 12.3 Å². The number of aliphatic hydroxyl groups is 1. The van der Waals surface area contributed by atoms with Crippen LogP contribution in [0.1, 0.15) is 6.23 Å². The summed E-state index contributed by atoms with van der Waals surface area (Å²) in [5, 5.41) is 13.1. The molecule has 1 aliphatic rings. The van der Waals surface area contributed by atoms with E-state index < -0.39 is 60.0 Å². The number of phosphoric acid groups is 3. The van der Waals surface area contributed by atoms with Gasteiger partial charge in [0.15, 0.2) is 12.4 Å². The molecule has 2 rings (SSSR count). The highest BCUT2D eigenvalue weighted by molar-refractivity contribution is 7.66. The number of hydrogen-bond acceptors (Lipinski definition) is 12. The molecule has 1 aromatic rings. The van der Waals surface area contributed by atoms with Crippen molar-refractivity contribution in [3.8, 4) is 0 Å². The maximum atomic E-state index is 14.7. The first-order valence-electron chi connectivity index (χ1n) is 7.70.